The van der Waals surface area contributed by atoms with Crippen LogP contribution in [0.2, 0.25) is 0 Å². The predicted octanol–water partition coefficient (Wildman–Crippen LogP) is 3.18. The third-order valence-corrected chi connectivity index (χ3v) is 3.94. The smallest absolute Gasteiger partial charge is 0.290 e. The van der Waals surface area contributed by atoms with E-state index in [1.165, 1.54) is 0 Å². The average Bonchev–Trinajstić information content (AvgIpc) is 2.90. The van der Waals surface area contributed by atoms with E-state index in [0.29, 0.717) is 17.0 Å². The van der Waals surface area contributed by atoms with E-state index in [2.05, 4.69) is 31.4 Å². The molecule has 3 rings (SSSR count). The predicted molar refractivity (Wildman–Crippen MR) is 95.7 cm³/mol. The van der Waals surface area contributed by atoms with Gasteiger partial charge in [0.15, 0.2) is 0 Å². The first-order valence-electron chi connectivity index (χ1n) is 7.20. The maximum atomic E-state index is 12.4. The topological polar surface area (TPSA) is 68.0 Å². The van der Waals surface area contributed by atoms with Crippen LogP contribution in [0.4, 0.5) is 0 Å². The second kappa shape index (κ2) is 6.84. The molecule has 2 aromatic heterocycles. The summed E-state index contributed by atoms with van der Waals surface area (Å²) in [7, 11) is 1.61. The molecule has 0 saturated heterocycles. The monoisotopic (exact) mass is 386 g/mol. The molecule has 1 N–H and O–H groups in total. The lowest BCUT2D eigenvalue weighted by Crippen LogP contribution is -2.20. The first-order chi connectivity index (χ1) is 11.6. The number of nitrogens with zero attached hydrogens (tertiary/aromatic N) is 3. The Morgan fingerprint density at radius 3 is 2.75 bits per heavy atom. The number of hydrogen-bond acceptors (Lipinski definition) is 4. The number of ether oxygens (including phenoxy) is 1. The molecule has 0 fully saturated rings. The van der Waals surface area contributed by atoms with Crippen molar-refractivity contribution in [3.8, 4) is 5.75 Å². The molecule has 0 radical (unpaired) electrons. The summed E-state index contributed by atoms with van der Waals surface area (Å²) >= 11 is 3.40. The zero-order valence-electron chi connectivity index (χ0n) is 13.2. The minimum absolute atomic E-state index is 0.317. The van der Waals surface area contributed by atoms with Gasteiger partial charge >= 0.3 is 0 Å². The van der Waals surface area contributed by atoms with Crippen LogP contribution in [0, 0.1) is 6.92 Å². The van der Waals surface area contributed by atoms with Crippen molar-refractivity contribution >= 4 is 33.7 Å². The normalized spacial score (nSPS) is 11.1. The van der Waals surface area contributed by atoms with Gasteiger partial charge < -0.3 is 4.74 Å². The molecule has 6 nitrogen and oxygen atoms in total. The number of aryl methyl sites for hydroxylation is 1. The molecule has 0 aliphatic heterocycles. The molecular formula is C17H15BrN4O2. The Balaban J connectivity index is 1.78. The summed E-state index contributed by atoms with van der Waals surface area (Å²) in [4.78, 5) is 16.8. The lowest BCUT2D eigenvalue weighted by molar-refractivity contribution is 0.0948. The molecule has 1 amide bonds. The summed E-state index contributed by atoms with van der Waals surface area (Å²) < 4.78 is 7.69. The Kier molecular flexibility index (Phi) is 4.61. The molecule has 0 saturated carbocycles. The highest BCUT2D eigenvalue weighted by molar-refractivity contribution is 9.10. The van der Waals surface area contributed by atoms with Gasteiger partial charge in [0.25, 0.3) is 5.91 Å². The van der Waals surface area contributed by atoms with Crippen LogP contribution in [0.1, 0.15) is 21.7 Å². The number of benzene rings is 1. The van der Waals surface area contributed by atoms with Gasteiger partial charge in [0.05, 0.1) is 19.0 Å². The first kappa shape index (κ1) is 16.2. The van der Waals surface area contributed by atoms with Crippen molar-refractivity contribution in [1.82, 2.24) is 14.8 Å². The van der Waals surface area contributed by atoms with Gasteiger partial charge in [0.2, 0.25) is 0 Å². The Labute approximate surface area is 147 Å². The van der Waals surface area contributed by atoms with Gasteiger partial charge in [-0.25, -0.2) is 10.4 Å². The zero-order valence-corrected chi connectivity index (χ0v) is 14.7. The number of fused-ring (bicyclic) bond motifs is 1. The van der Waals surface area contributed by atoms with Crippen LogP contribution < -0.4 is 10.2 Å². The van der Waals surface area contributed by atoms with Crippen molar-refractivity contribution in [3.05, 3.63) is 64.0 Å². The summed E-state index contributed by atoms with van der Waals surface area (Å²) in [5.41, 5.74) is 5.20. The fraction of sp³-hybridized carbons (Fsp3) is 0.118. The lowest BCUT2D eigenvalue weighted by atomic mass is 10.2. The van der Waals surface area contributed by atoms with Crippen LogP contribution in [0.5, 0.6) is 5.75 Å². The molecule has 0 bridgehead atoms. The van der Waals surface area contributed by atoms with Crippen molar-refractivity contribution < 1.29 is 9.53 Å². The van der Waals surface area contributed by atoms with E-state index in [0.717, 1.165) is 15.8 Å². The fourth-order valence-corrected chi connectivity index (χ4v) is 2.66. The molecule has 122 valence electrons. The highest BCUT2D eigenvalue weighted by atomic mass is 79.9. The number of imidazole rings is 1. The Hall–Kier alpha value is -2.67. The van der Waals surface area contributed by atoms with Crippen LogP contribution in [0.3, 0.4) is 0 Å². The summed E-state index contributed by atoms with van der Waals surface area (Å²) in [6.07, 6.45) is 3.38. The quantitative estimate of drug-likeness (QED) is 0.552. The molecule has 0 aliphatic rings. The molecule has 3 aromatic rings. The maximum Gasteiger partial charge on any atom is 0.290 e. The summed E-state index contributed by atoms with van der Waals surface area (Å²) in [6, 6.07) is 11.1. The van der Waals surface area contributed by atoms with Crippen LogP contribution in [0.15, 0.2) is 52.2 Å². The molecule has 0 aliphatic carbocycles. The Morgan fingerprint density at radius 2 is 2.04 bits per heavy atom. The van der Waals surface area contributed by atoms with Gasteiger partial charge in [0, 0.05) is 10.7 Å². The van der Waals surface area contributed by atoms with E-state index in [1.54, 1.807) is 30.8 Å². The number of carbonyl (C=O) groups is 1. The van der Waals surface area contributed by atoms with Crippen LogP contribution in [-0.4, -0.2) is 28.6 Å². The second-order valence-corrected chi connectivity index (χ2v) is 6.01. The van der Waals surface area contributed by atoms with E-state index in [1.807, 2.05) is 36.4 Å². The SMILES string of the molecule is COc1ccc(/C=N\NC(=O)c2c(C)nc3ccc(Br)cn23)cc1. The third kappa shape index (κ3) is 3.30. The molecule has 1 aromatic carbocycles. The number of carbonyl (C=O) groups excluding carboxylic acids is 1. The molecule has 0 atom stereocenters. The minimum Gasteiger partial charge on any atom is -0.497 e. The van der Waals surface area contributed by atoms with Crippen molar-refractivity contribution in [2.75, 3.05) is 7.11 Å². The molecule has 7 heteroatoms. The molecule has 0 spiro atoms. The van der Waals surface area contributed by atoms with Gasteiger partial charge in [-0.1, -0.05) is 0 Å². The van der Waals surface area contributed by atoms with Crippen LogP contribution in [0.25, 0.3) is 5.65 Å². The summed E-state index contributed by atoms with van der Waals surface area (Å²) in [6.45, 7) is 1.79. The van der Waals surface area contributed by atoms with Gasteiger partial charge in [-0.05, 0) is 64.8 Å². The van der Waals surface area contributed by atoms with E-state index >= 15 is 0 Å². The Bertz CT molecular complexity index is 916. The number of methoxy groups -OCH3 is 1. The van der Waals surface area contributed by atoms with Crippen molar-refractivity contribution in [1.29, 1.82) is 0 Å². The number of rotatable bonds is 4. The van der Waals surface area contributed by atoms with E-state index in [4.69, 9.17) is 4.74 Å². The van der Waals surface area contributed by atoms with Gasteiger partial charge in [-0.15, -0.1) is 0 Å². The Morgan fingerprint density at radius 1 is 1.29 bits per heavy atom. The standard InChI is InChI=1S/C17H15BrN4O2/c1-11-16(22-10-13(18)5-8-15(22)20-11)17(23)21-19-9-12-3-6-14(24-2)7-4-12/h3-10H,1-2H3,(H,21,23)/b19-9-. The number of nitrogens with one attached hydrogen (secondary N) is 1. The van der Waals surface area contributed by atoms with Crippen molar-refractivity contribution in [2.45, 2.75) is 6.92 Å². The number of hydrogen-bond donors (Lipinski definition) is 1. The highest BCUT2D eigenvalue weighted by Gasteiger charge is 2.16. The first-order valence-corrected chi connectivity index (χ1v) is 7.99. The second-order valence-electron chi connectivity index (χ2n) is 5.09. The van der Waals surface area contributed by atoms with Crippen LogP contribution in [-0.2, 0) is 0 Å². The third-order valence-electron chi connectivity index (χ3n) is 3.47. The minimum atomic E-state index is -0.317. The van der Waals surface area contributed by atoms with Crippen molar-refractivity contribution in [2.24, 2.45) is 5.10 Å². The molecular weight excluding hydrogens is 372 g/mol. The van der Waals surface area contributed by atoms with E-state index < -0.39 is 0 Å². The van der Waals surface area contributed by atoms with Crippen molar-refractivity contribution in [3.63, 3.8) is 0 Å². The fourth-order valence-electron chi connectivity index (χ4n) is 2.32. The van der Waals surface area contributed by atoms with Gasteiger partial charge in [-0.3, -0.25) is 9.20 Å². The number of amides is 1. The average molecular weight is 387 g/mol. The maximum absolute atomic E-state index is 12.4. The summed E-state index contributed by atoms with van der Waals surface area (Å²) in [5, 5.41) is 4.01. The molecule has 0 unspecified atom stereocenters. The van der Waals surface area contributed by atoms with Gasteiger partial charge in [0.1, 0.15) is 17.1 Å². The highest BCUT2D eigenvalue weighted by Crippen LogP contribution is 2.16. The number of pyridine rings is 1. The number of hydrazone groups is 1. The molecule has 2 heterocycles. The van der Waals surface area contributed by atoms with Crippen LogP contribution >= 0.6 is 15.9 Å². The lowest BCUT2D eigenvalue weighted by Gasteiger charge is -2.02. The van der Waals surface area contributed by atoms with E-state index in [9.17, 15) is 4.79 Å². The van der Waals surface area contributed by atoms with Gasteiger partial charge in [-0.2, -0.15) is 5.10 Å². The number of halogens is 1. The summed E-state index contributed by atoms with van der Waals surface area (Å²) in [5.74, 6) is 0.450. The zero-order chi connectivity index (χ0) is 17.1. The van der Waals surface area contributed by atoms with E-state index in [-0.39, 0.29) is 5.91 Å². The largest absolute Gasteiger partial charge is 0.497 e. The number of aromatic nitrogens is 2. The molecule has 24 heavy (non-hydrogen) atoms.